The molecule has 3 rings (SSSR count). The zero-order chi connectivity index (χ0) is 18.1. The lowest BCUT2D eigenvalue weighted by molar-refractivity contribution is -0.183. The molecule has 2 atom stereocenters. The summed E-state index contributed by atoms with van der Waals surface area (Å²) in [7, 11) is 1.26. The Labute approximate surface area is 144 Å². The fourth-order valence-electron chi connectivity index (χ4n) is 2.44. The maximum Gasteiger partial charge on any atom is 0.352 e. The Balaban J connectivity index is 1.75. The number of nitrogen functional groups attached to an aromatic ring is 1. The van der Waals surface area contributed by atoms with Crippen molar-refractivity contribution in [1.29, 1.82) is 0 Å². The number of nitrogens with one attached hydrogen (secondary N) is 1. The first-order valence-electron chi connectivity index (χ1n) is 6.95. The van der Waals surface area contributed by atoms with Gasteiger partial charge < -0.3 is 25.7 Å². The fraction of sp³-hybridized carbons (Fsp3) is 0.308. The second kappa shape index (κ2) is 6.49. The number of ether oxygens (including phenoxy) is 1. The van der Waals surface area contributed by atoms with Crippen LogP contribution in [0.4, 0.5) is 5.13 Å². The monoisotopic (exact) mass is 367 g/mol. The highest BCUT2D eigenvalue weighted by atomic mass is 32.1. The number of carboxylic acid groups (broad SMARTS) is 1. The van der Waals surface area contributed by atoms with E-state index in [-0.39, 0.29) is 28.8 Å². The Hall–Kier alpha value is -2.99. The first-order valence-corrected chi connectivity index (χ1v) is 7.83. The first-order chi connectivity index (χ1) is 11.9. The van der Waals surface area contributed by atoms with Gasteiger partial charge in [-0.05, 0) is 6.08 Å². The molecule has 25 heavy (non-hydrogen) atoms. The minimum atomic E-state index is -1.24. The number of carbonyl (C=O) groups is 3. The van der Waals surface area contributed by atoms with Crippen molar-refractivity contribution in [3.05, 3.63) is 22.8 Å². The van der Waals surface area contributed by atoms with Crippen LogP contribution in [-0.4, -0.2) is 64.5 Å². The number of hydrogen-bond donors (Lipinski definition) is 3. The van der Waals surface area contributed by atoms with Crippen LogP contribution in [0.5, 0.6) is 0 Å². The lowest BCUT2D eigenvalue weighted by Crippen LogP contribution is -2.72. The van der Waals surface area contributed by atoms with Gasteiger partial charge in [-0.3, -0.25) is 14.5 Å². The van der Waals surface area contributed by atoms with Crippen LogP contribution in [0.3, 0.4) is 0 Å². The molecule has 1 aromatic rings. The van der Waals surface area contributed by atoms with Crippen molar-refractivity contribution < 1.29 is 29.1 Å². The number of carboxylic acids is 1. The highest BCUT2D eigenvalue weighted by molar-refractivity contribution is 7.13. The highest BCUT2D eigenvalue weighted by Crippen LogP contribution is 2.29. The van der Waals surface area contributed by atoms with Crippen molar-refractivity contribution in [2.24, 2.45) is 5.16 Å². The molecule has 0 radical (unpaired) electrons. The molecule has 0 unspecified atom stereocenters. The molecule has 11 nitrogen and oxygen atoms in total. The van der Waals surface area contributed by atoms with Crippen LogP contribution >= 0.6 is 11.3 Å². The Morgan fingerprint density at radius 2 is 2.36 bits per heavy atom. The van der Waals surface area contributed by atoms with E-state index in [0.717, 1.165) is 16.2 Å². The smallest absolute Gasteiger partial charge is 0.352 e. The molecule has 1 aromatic heterocycles. The number of hydrogen-bond acceptors (Lipinski definition) is 9. The van der Waals surface area contributed by atoms with E-state index < -0.39 is 30.1 Å². The number of rotatable bonds is 5. The molecule has 4 N–H and O–H groups in total. The quantitative estimate of drug-likeness (QED) is 0.330. The van der Waals surface area contributed by atoms with Gasteiger partial charge in [-0.2, -0.15) is 0 Å². The summed E-state index contributed by atoms with van der Waals surface area (Å²) in [4.78, 5) is 45.3. The van der Waals surface area contributed by atoms with Crippen molar-refractivity contribution in [3.63, 3.8) is 0 Å². The molecule has 132 valence electrons. The summed E-state index contributed by atoms with van der Waals surface area (Å²) in [6.07, 6.45) is 0.391. The zero-order valence-electron chi connectivity index (χ0n) is 12.8. The van der Waals surface area contributed by atoms with E-state index in [9.17, 15) is 14.4 Å². The molecular weight excluding hydrogens is 354 g/mol. The maximum atomic E-state index is 12.4. The van der Waals surface area contributed by atoms with Crippen LogP contribution in [0.1, 0.15) is 5.69 Å². The number of β-lactam (4-membered cyclic amide) rings is 1. The summed E-state index contributed by atoms with van der Waals surface area (Å²) in [5, 5.41) is 16.9. The van der Waals surface area contributed by atoms with Crippen LogP contribution in [0.25, 0.3) is 0 Å². The number of nitrogens with two attached hydrogens (primary N) is 1. The Morgan fingerprint density at radius 1 is 1.60 bits per heavy atom. The predicted octanol–water partition coefficient (Wildman–Crippen LogP) is -1.27. The molecule has 0 saturated carbocycles. The van der Waals surface area contributed by atoms with Gasteiger partial charge in [-0.15, -0.1) is 11.3 Å². The molecule has 0 aromatic carbocycles. The summed E-state index contributed by atoms with van der Waals surface area (Å²) < 4.78 is 5.34. The van der Waals surface area contributed by atoms with Crippen molar-refractivity contribution in [2.45, 2.75) is 12.3 Å². The number of anilines is 1. The average Bonchev–Trinajstić information content (AvgIpc) is 3.02. The normalized spacial score (nSPS) is 22.6. The van der Waals surface area contributed by atoms with Gasteiger partial charge in [0.15, 0.2) is 23.1 Å². The number of oxime groups is 1. The lowest BCUT2D eigenvalue weighted by atomic mass is 10.0. The van der Waals surface area contributed by atoms with Gasteiger partial charge >= 0.3 is 5.97 Å². The van der Waals surface area contributed by atoms with Crippen molar-refractivity contribution >= 4 is 40.0 Å². The van der Waals surface area contributed by atoms with Crippen molar-refractivity contribution in [3.8, 4) is 0 Å². The number of carbonyl (C=O) groups excluding carboxylic acids is 2. The SMILES string of the molecule is CO/N=C(\C(=O)N[C@@H]1C(=O)N2C(C(=O)O)=CCO[C@H]12)c1csc(N)n1. The van der Waals surface area contributed by atoms with Gasteiger partial charge in [0.2, 0.25) is 0 Å². The largest absolute Gasteiger partial charge is 0.477 e. The molecule has 12 heteroatoms. The van der Waals surface area contributed by atoms with Crippen LogP contribution < -0.4 is 11.1 Å². The summed E-state index contributed by atoms with van der Waals surface area (Å²) in [6, 6.07) is -1.03. The van der Waals surface area contributed by atoms with E-state index in [4.69, 9.17) is 15.6 Å². The molecule has 2 aliphatic rings. The number of aliphatic carboxylic acids is 1. The summed E-state index contributed by atoms with van der Waals surface area (Å²) in [5.74, 6) is -2.56. The van der Waals surface area contributed by atoms with Crippen LogP contribution in [0, 0.1) is 0 Å². The van der Waals surface area contributed by atoms with E-state index >= 15 is 0 Å². The predicted molar refractivity (Wildman–Crippen MR) is 84.3 cm³/mol. The molecule has 0 spiro atoms. The van der Waals surface area contributed by atoms with Crippen molar-refractivity contribution in [2.75, 3.05) is 19.5 Å². The molecule has 3 heterocycles. The van der Waals surface area contributed by atoms with E-state index in [1.165, 1.54) is 18.6 Å². The Kier molecular flexibility index (Phi) is 4.37. The van der Waals surface area contributed by atoms with Crippen LogP contribution in [0.15, 0.2) is 22.3 Å². The molecule has 0 aliphatic carbocycles. The number of fused-ring (bicyclic) bond motifs is 1. The molecule has 1 saturated heterocycles. The molecule has 2 amide bonds. The topological polar surface area (TPSA) is 156 Å². The minimum Gasteiger partial charge on any atom is -0.477 e. The number of nitrogens with zero attached hydrogens (tertiary/aromatic N) is 3. The Morgan fingerprint density at radius 3 is 2.96 bits per heavy atom. The van der Waals surface area contributed by atoms with E-state index in [2.05, 4.69) is 20.3 Å². The second-order valence-corrected chi connectivity index (χ2v) is 5.86. The molecule has 0 bridgehead atoms. The highest BCUT2D eigenvalue weighted by Gasteiger charge is 2.53. The number of amides is 2. The molecule has 1 fully saturated rings. The average molecular weight is 367 g/mol. The summed E-state index contributed by atoms with van der Waals surface area (Å²) >= 11 is 1.11. The maximum absolute atomic E-state index is 12.4. The first kappa shape index (κ1) is 16.9. The van der Waals surface area contributed by atoms with Crippen LogP contribution in [-0.2, 0) is 24.0 Å². The van der Waals surface area contributed by atoms with Crippen LogP contribution in [0.2, 0.25) is 0 Å². The molecule has 2 aliphatic heterocycles. The Bertz CT molecular complexity index is 803. The standard InChI is InChI=1S/C13H13N5O6S/c1-23-17-7(5-4-25-13(14)15-5)9(19)16-8-10(20)18-6(12(21)22)2-3-24-11(8)18/h2,4,8,11H,3H2,1H3,(H2,14,15)(H,16,19)(H,21,22)/b17-7-/t8-,11-/m1/s1. The number of thiazole rings is 1. The third kappa shape index (κ3) is 2.92. The fourth-order valence-corrected chi connectivity index (χ4v) is 2.99. The van der Waals surface area contributed by atoms with Gasteiger partial charge in [0.25, 0.3) is 11.8 Å². The van der Waals surface area contributed by atoms with Gasteiger partial charge in [-0.1, -0.05) is 5.16 Å². The van der Waals surface area contributed by atoms with E-state index in [1.807, 2.05) is 0 Å². The number of aromatic nitrogens is 1. The lowest BCUT2D eigenvalue weighted by Gasteiger charge is -2.47. The van der Waals surface area contributed by atoms with Gasteiger partial charge in [0, 0.05) is 5.38 Å². The summed E-state index contributed by atoms with van der Waals surface area (Å²) in [5.41, 5.74) is 5.40. The summed E-state index contributed by atoms with van der Waals surface area (Å²) in [6.45, 7) is 0.0179. The molecular formula is C13H13N5O6S. The van der Waals surface area contributed by atoms with E-state index in [0.29, 0.717) is 0 Å². The van der Waals surface area contributed by atoms with Gasteiger partial charge in [0.1, 0.15) is 18.5 Å². The minimum absolute atomic E-state index is 0.0179. The van der Waals surface area contributed by atoms with Gasteiger partial charge in [-0.25, -0.2) is 9.78 Å². The zero-order valence-corrected chi connectivity index (χ0v) is 13.6. The second-order valence-electron chi connectivity index (χ2n) is 4.97. The van der Waals surface area contributed by atoms with Gasteiger partial charge in [0.05, 0.1) is 6.61 Å². The van der Waals surface area contributed by atoms with Crippen molar-refractivity contribution in [1.82, 2.24) is 15.2 Å². The third-order valence-corrected chi connectivity index (χ3v) is 4.19. The van der Waals surface area contributed by atoms with E-state index in [1.54, 1.807) is 0 Å². The third-order valence-electron chi connectivity index (χ3n) is 3.51.